The van der Waals surface area contributed by atoms with E-state index in [9.17, 15) is 4.39 Å². The fraction of sp³-hybridized carbons (Fsp3) is 0.500. The number of nitrogens with zero attached hydrogens (tertiary/aromatic N) is 1. The molecule has 1 heterocycles. The van der Waals surface area contributed by atoms with Crippen molar-refractivity contribution >= 4 is 0 Å². The number of likely N-dealkylation sites (tertiary alicyclic amines) is 1. The number of benzene rings is 1. The molecule has 0 spiro atoms. The van der Waals surface area contributed by atoms with Gasteiger partial charge in [-0.15, -0.1) is 0 Å². The predicted molar refractivity (Wildman–Crippen MR) is 59.0 cm³/mol. The molecule has 1 aliphatic rings. The Morgan fingerprint density at radius 1 is 1.40 bits per heavy atom. The second-order valence-corrected chi connectivity index (χ2v) is 4.08. The van der Waals surface area contributed by atoms with Crippen LogP contribution in [0.4, 0.5) is 4.39 Å². The van der Waals surface area contributed by atoms with Crippen molar-refractivity contribution in [2.75, 3.05) is 13.1 Å². The lowest BCUT2D eigenvalue weighted by atomic mass is 10.0. The fourth-order valence-corrected chi connectivity index (χ4v) is 2.36. The number of hydrogen-bond donors (Lipinski definition) is 1. The van der Waals surface area contributed by atoms with Crippen LogP contribution in [0.15, 0.2) is 24.3 Å². The van der Waals surface area contributed by atoms with Crippen molar-refractivity contribution in [3.63, 3.8) is 0 Å². The van der Waals surface area contributed by atoms with E-state index in [0.717, 1.165) is 25.1 Å². The van der Waals surface area contributed by atoms with E-state index >= 15 is 0 Å². The van der Waals surface area contributed by atoms with Gasteiger partial charge < -0.3 is 5.73 Å². The van der Waals surface area contributed by atoms with Gasteiger partial charge >= 0.3 is 0 Å². The molecule has 1 fully saturated rings. The van der Waals surface area contributed by atoms with Crippen LogP contribution in [0.5, 0.6) is 0 Å². The van der Waals surface area contributed by atoms with Gasteiger partial charge in [0, 0.05) is 18.6 Å². The standard InChI is InChI=1S/C12H17FN2/c1-2-15-8-7-11(14)12(15)9-3-5-10(13)6-4-9/h3-6,11-12H,2,7-8,14H2,1H3. The maximum atomic E-state index is 12.8. The molecular formula is C12H17FN2. The molecule has 0 aromatic heterocycles. The van der Waals surface area contributed by atoms with Gasteiger partial charge in [0.15, 0.2) is 0 Å². The lowest BCUT2D eigenvalue weighted by molar-refractivity contribution is 0.261. The Kier molecular flexibility index (Phi) is 3.03. The molecule has 2 rings (SSSR count). The third kappa shape index (κ3) is 2.03. The minimum Gasteiger partial charge on any atom is -0.326 e. The zero-order valence-electron chi connectivity index (χ0n) is 8.99. The second-order valence-electron chi connectivity index (χ2n) is 4.08. The van der Waals surface area contributed by atoms with Crippen molar-refractivity contribution in [2.45, 2.75) is 25.4 Å². The maximum absolute atomic E-state index is 12.8. The maximum Gasteiger partial charge on any atom is 0.123 e. The first kappa shape index (κ1) is 10.6. The fourth-order valence-electron chi connectivity index (χ4n) is 2.36. The average molecular weight is 208 g/mol. The van der Waals surface area contributed by atoms with Crippen LogP contribution in [0.25, 0.3) is 0 Å². The van der Waals surface area contributed by atoms with Crippen LogP contribution in [0.1, 0.15) is 24.9 Å². The first-order valence-corrected chi connectivity index (χ1v) is 5.47. The van der Waals surface area contributed by atoms with Crippen molar-refractivity contribution in [3.8, 4) is 0 Å². The van der Waals surface area contributed by atoms with Crippen LogP contribution < -0.4 is 5.73 Å². The summed E-state index contributed by atoms with van der Waals surface area (Å²) in [6.07, 6.45) is 1.02. The monoisotopic (exact) mass is 208 g/mol. The summed E-state index contributed by atoms with van der Waals surface area (Å²) >= 11 is 0. The summed E-state index contributed by atoms with van der Waals surface area (Å²) in [6, 6.07) is 7.13. The van der Waals surface area contributed by atoms with E-state index in [-0.39, 0.29) is 17.9 Å². The molecule has 1 aromatic carbocycles. The molecule has 1 aromatic rings. The number of likely N-dealkylation sites (N-methyl/N-ethyl adjacent to an activating group) is 1. The Morgan fingerprint density at radius 3 is 2.67 bits per heavy atom. The van der Waals surface area contributed by atoms with Gasteiger partial charge in [0.25, 0.3) is 0 Å². The summed E-state index contributed by atoms with van der Waals surface area (Å²) in [6.45, 7) is 4.17. The molecule has 2 atom stereocenters. The van der Waals surface area contributed by atoms with E-state index in [4.69, 9.17) is 5.73 Å². The van der Waals surface area contributed by atoms with E-state index in [1.165, 1.54) is 12.1 Å². The van der Waals surface area contributed by atoms with E-state index in [1.54, 1.807) is 0 Å². The average Bonchev–Trinajstić information content (AvgIpc) is 2.61. The van der Waals surface area contributed by atoms with E-state index in [0.29, 0.717) is 0 Å². The highest BCUT2D eigenvalue weighted by Crippen LogP contribution is 2.30. The SMILES string of the molecule is CCN1CCC(N)C1c1ccc(F)cc1. The van der Waals surface area contributed by atoms with Gasteiger partial charge in [-0.05, 0) is 30.7 Å². The molecule has 1 aliphatic heterocycles. The molecule has 0 bridgehead atoms. The molecule has 0 saturated carbocycles. The molecule has 3 heteroatoms. The van der Waals surface area contributed by atoms with Gasteiger partial charge in [-0.2, -0.15) is 0 Å². The molecule has 2 nitrogen and oxygen atoms in total. The molecule has 1 saturated heterocycles. The van der Waals surface area contributed by atoms with Gasteiger partial charge in [0.05, 0.1) is 0 Å². The lowest BCUT2D eigenvalue weighted by Gasteiger charge is -2.25. The molecule has 0 amide bonds. The van der Waals surface area contributed by atoms with Crippen molar-refractivity contribution in [3.05, 3.63) is 35.6 Å². The number of nitrogens with two attached hydrogens (primary N) is 1. The summed E-state index contributed by atoms with van der Waals surface area (Å²) < 4.78 is 12.8. The highest BCUT2D eigenvalue weighted by atomic mass is 19.1. The van der Waals surface area contributed by atoms with Gasteiger partial charge in [0.1, 0.15) is 5.82 Å². The third-order valence-electron chi connectivity index (χ3n) is 3.17. The molecule has 0 radical (unpaired) electrons. The largest absolute Gasteiger partial charge is 0.326 e. The highest BCUT2D eigenvalue weighted by molar-refractivity contribution is 5.22. The summed E-state index contributed by atoms with van der Waals surface area (Å²) in [5, 5.41) is 0. The molecule has 2 N–H and O–H groups in total. The first-order chi connectivity index (χ1) is 7.22. The van der Waals surface area contributed by atoms with Crippen LogP contribution in [-0.2, 0) is 0 Å². The smallest absolute Gasteiger partial charge is 0.123 e. The van der Waals surface area contributed by atoms with Crippen molar-refractivity contribution in [1.29, 1.82) is 0 Å². The Balaban J connectivity index is 2.24. The van der Waals surface area contributed by atoms with Crippen LogP contribution in [0.2, 0.25) is 0 Å². The Hall–Kier alpha value is -0.930. The molecule has 0 aliphatic carbocycles. The quantitative estimate of drug-likeness (QED) is 0.804. The van der Waals surface area contributed by atoms with Crippen LogP contribution >= 0.6 is 0 Å². The lowest BCUT2D eigenvalue weighted by Crippen LogP contribution is -2.31. The number of rotatable bonds is 2. The molecule has 82 valence electrons. The minimum absolute atomic E-state index is 0.176. The molecule has 15 heavy (non-hydrogen) atoms. The zero-order chi connectivity index (χ0) is 10.8. The van der Waals surface area contributed by atoms with Gasteiger partial charge in [-0.25, -0.2) is 4.39 Å². The molecular weight excluding hydrogens is 191 g/mol. The van der Waals surface area contributed by atoms with Gasteiger partial charge in [0.2, 0.25) is 0 Å². The topological polar surface area (TPSA) is 29.3 Å². The summed E-state index contributed by atoms with van der Waals surface area (Å²) in [5.41, 5.74) is 7.21. The Bertz CT molecular complexity index is 323. The summed E-state index contributed by atoms with van der Waals surface area (Å²) in [7, 11) is 0. The van der Waals surface area contributed by atoms with Crippen LogP contribution in [0.3, 0.4) is 0 Å². The highest BCUT2D eigenvalue weighted by Gasteiger charge is 2.31. The normalized spacial score (nSPS) is 27.1. The second kappa shape index (κ2) is 4.29. The van der Waals surface area contributed by atoms with Crippen molar-refractivity contribution < 1.29 is 4.39 Å². The third-order valence-corrected chi connectivity index (χ3v) is 3.17. The summed E-state index contributed by atoms with van der Waals surface area (Å²) in [4.78, 5) is 2.35. The van der Waals surface area contributed by atoms with E-state index in [2.05, 4.69) is 11.8 Å². The van der Waals surface area contributed by atoms with Gasteiger partial charge in [-0.3, -0.25) is 4.90 Å². The summed E-state index contributed by atoms with van der Waals surface area (Å²) in [5.74, 6) is -0.187. The zero-order valence-corrected chi connectivity index (χ0v) is 8.99. The van der Waals surface area contributed by atoms with Crippen LogP contribution in [0, 0.1) is 5.82 Å². The van der Waals surface area contributed by atoms with Crippen molar-refractivity contribution in [2.24, 2.45) is 5.73 Å². The van der Waals surface area contributed by atoms with Crippen molar-refractivity contribution in [1.82, 2.24) is 4.90 Å². The number of halogens is 1. The minimum atomic E-state index is -0.187. The number of hydrogen-bond acceptors (Lipinski definition) is 2. The first-order valence-electron chi connectivity index (χ1n) is 5.47. The Labute approximate surface area is 89.9 Å². The van der Waals surface area contributed by atoms with E-state index in [1.807, 2.05) is 12.1 Å². The van der Waals surface area contributed by atoms with E-state index < -0.39 is 0 Å². The van der Waals surface area contributed by atoms with Gasteiger partial charge in [-0.1, -0.05) is 19.1 Å². The predicted octanol–water partition coefficient (Wildman–Crippen LogP) is 1.92. The Morgan fingerprint density at radius 2 is 2.07 bits per heavy atom. The molecule has 2 unspecified atom stereocenters. The van der Waals surface area contributed by atoms with Crippen LogP contribution in [-0.4, -0.2) is 24.0 Å².